The number of pyridine rings is 2. The Kier molecular flexibility index (Phi) is 5.72. The first-order valence-electron chi connectivity index (χ1n) is 11.4. The SMILES string of the molecule is Cc1c(-c2cc3cc(NC(=O)NC4CCNCC4)ncc3c(N)c2F)cnc2c1NCCC2. The number of benzene rings is 1. The van der Waals surface area contributed by atoms with Crippen LogP contribution >= 0.6 is 0 Å². The number of nitrogens with zero attached hydrogens (tertiary/aromatic N) is 2. The number of anilines is 3. The number of hydrogen-bond donors (Lipinski definition) is 5. The van der Waals surface area contributed by atoms with Crippen molar-refractivity contribution in [3.05, 3.63) is 41.6 Å². The Hall–Kier alpha value is -3.46. The molecule has 5 rings (SSSR count). The second-order valence-corrected chi connectivity index (χ2v) is 8.71. The standard InChI is InChI=1S/C24H28FN7O/c1-13-17(11-29-19-3-2-6-28-23(13)19)16-9-14-10-20(30-12-18(14)22(26)21(16)25)32-24(33)31-15-4-7-27-8-5-15/h9-12,15,27-28H,2-8,26H2,1H3,(H2,30,31,32,33). The zero-order valence-corrected chi connectivity index (χ0v) is 18.6. The highest BCUT2D eigenvalue weighted by Crippen LogP contribution is 2.38. The van der Waals surface area contributed by atoms with Crippen LogP contribution in [0.3, 0.4) is 0 Å². The summed E-state index contributed by atoms with van der Waals surface area (Å²) < 4.78 is 15.3. The number of carbonyl (C=O) groups is 1. The Morgan fingerprint density at radius 1 is 1.15 bits per heavy atom. The van der Waals surface area contributed by atoms with Gasteiger partial charge in [0.15, 0.2) is 5.82 Å². The quantitative estimate of drug-likeness (QED) is 0.391. The van der Waals surface area contributed by atoms with Gasteiger partial charge in [0, 0.05) is 41.5 Å². The number of hydrogen-bond acceptors (Lipinski definition) is 6. The van der Waals surface area contributed by atoms with Gasteiger partial charge in [-0.25, -0.2) is 14.2 Å². The maximum Gasteiger partial charge on any atom is 0.320 e. The number of aryl methyl sites for hydroxylation is 1. The van der Waals surface area contributed by atoms with Crippen LogP contribution in [0.4, 0.5) is 26.4 Å². The summed E-state index contributed by atoms with van der Waals surface area (Å²) in [4.78, 5) is 21.3. The van der Waals surface area contributed by atoms with E-state index in [1.54, 1.807) is 18.3 Å². The van der Waals surface area contributed by atoms with Gasteiger partial charge in [-0.05, 0) is 68.8 Å². The molecule has 0 aliphatic carbocycles. The van der Waals surface area contributed by atoms with Crippen molar-refractivity contribution in [1.29, 1.82) is 0 Å². The van der Waals surface area contributed by atoms with Crippen molar-refractivity contribution in [2.75, 3.05) is 36.0 Å². The number of nitrogen functional groups attached to an aromatic ring is 1. The smallest absolute Gasteiger partial charge is 0.320 e. The van der Waals surface area contributed by atoms with Crippen molar-refractivity contribution in [1.82, 2.24) is 20.6 Å². The highest BCUT2D eigenvalue weighted by molar-refractivity contribution is 5.99. The molecule has 0 atom stereocenters. The average molecular weight is 450 g/mol. The summed E-state index contributed by atoms with van der Waals surface area (Å²) in [6.07, 6.45) is 6.94. The van der Waals surface area contributed by atoms with E-state index in [1.807, 2.05) is 6.92 Å². The van der Waals surface area contributed by atoms with Gasteiger partial charge in [-0.15, -0.1) is 0 Å². The van der Waals surface area contributed by atoms with Gasteiger partial charge in [-0.1, -0.05) is 0 Å². The number of halogens is 1. The number of carbonyl (C=O) groups excluding carboxylic acids is 1. The van der Waals surface area contributed by atoms with Crippen LogP contribution < -0.4 is 27.0 Å². The lowest BCUT2D eigenvalue weighted by Crippen LogP contribution is -2.44. The largest absolute Gasteiger partial charge is 0.396 e. The molecule has 2 amide bonds. The molecule has 1 saturated heterocycles. The number of urea groups is 1. The van der Waals surface area contributed by atoms with Gasteiger partial charge >= 0.3 is 6.03 Å². The zero-order chi connectivity index (χ0) is 22.9. The van der Waals surface area contributed by atoms with E-state index in [0.717, 1.165) is 62.3 Å². The molecule has 2 aliphatic rings. The van der Waals surface area contributed by atoms with E-state index in [1.165, 1.54) is 6.20 Å². The third kappa shape index (κ3) is 4.16. The molecule has 172 valence electrons. The van der Waals surface area contributed by atoms with Crippen LogP contribution in [0.25, 0.3) is 21.9 Å². The van der Waals surface area contributed by atoms with Crippen molar-refractivity contribution in [2.24, 2.45) is 0 Å². The Morgan fingerprint density at radius 2 is 1.97 bits per heavy atom. The molecule has 8 nitrogen and oxygen atoms in total. The molecule has 3 aromatic rings. The number of amides is 2. The summed E-state index contributed by atoms with van der Waals surface area (Å²) in [6.45, 7) is 4.62. The van der Waals surface area contributed by atoms with Gasteiger partial charge in [-0.2, -0.15) is 0 Å². The lowest BCUT2D eigenvalue weighted by Gasteiger charge is -2.23. The topological polar surface area (TPSA) is 117 Å². The Morgan fingerprint density at radius 3 is 2.79 bits per heavy atom. The van der Waals surface area contributed by atoms with Crippen molar-refractivity contribution in [2.45, 2.75) is 38.6 Å². The molecule has 0 unspecified atom stereocenters. The van der Waals surface area contributed by atoms with E-state index in [9.17, 15) is 4.79 Å². The van der Waals surface area contributed by atoms with Crippen molar-refractivity contribution >= 4 is 34.0 Å². The maximum absolute atomic E-state index is 15.3. The van der Waals surface area contributed by atoms with Crippen LogP contribution in [0.2, 0.25) is 0 Å². The minimum absolute atomic E-state index is 0.0331. The number of nitrogens with two attached hydrogens (primary N) is 1. The van der Waals surface area contributed by atoms with Gasteiger partial charge in [-0.3, -0.25) is 10.3 Å². The van der Waals surface area contributed by atoms with Crippen LogP contribution in [0.5, 0.6) is 0 Å². The summed E-state index contributed by atoms with van der Waals surface area (Å²) in [7, 11) is 0. The molecule has 2 aromatic heterocycles. The van der Waals surface area contributed by atoms with Crippen molar-refractivity contribution in [3.63, 3.8) is 0 Å². The van der Waals surface area contributed by atoms with Crippen LogP contribution in [0.1, 0.15) is 30.5 Å². The first-order chi connectivity index (χ1) is 16.0. The van der Waals surface area contributed by atoms with Gasteiger partial charge in [0.25, 0.3) is 0 Å². The lowest BCUT2D eigenvalue weighted by atomic mass is 9.95. The minimum atomic E-state index is -0.491. The highest BCUT2D eigenvalue weighted by Gasteiger charge is 2.21. The first-order valence-corrected chi connectivity index (χ1v) is 11.4. The Labute approximate surface area is 191 Å². The fourth-order valence-electron chi connectivity index (χ4n) is 4.69. The predicted octanol–water partition coefficient (Wildman–Crippen LogP) is 3.56. The number of piperidine rings is 1. The molecule has 0 spiro atoms. The fourth-order valence-corrected chi connectivity index (χ4v) is 4.69. The molecular weight excluding hydrogens is 421 g/mol. The minimum Gasteiger partial charge on any atom is -0.396 e. The van der Waals surface area contributed by atoms with E-state index in [0.29, 0.717) is 27.7 Å². The summed E-state index contributed by atoms with van der Waals surface area (Å²) in [6, 6.07) is 3.30. The van der Waals surface area contributed by atoms with Crippen molar-refractivity contribution in [3.8, 4) is 11.1 Å². The summed E-state index contributed by atoms with van der Waals surface area (Å²) in [5.74, 6) is -0.109. The normalized spacial score (nSPS) is 16.2. The highest BCUT2D eigenvalue weighted by atomic mass is 19.1. The zero-order valence-electron chi connectivity index (χ0n) is 18.6. The molecule has 1 fully saturated rings. The second-order valence-electron chi connectivity index (χ2n) is 8.71. The Bertz CT molecular complexity index is 1220. The monoisotopic (exact) mass is 449 g/mol. The summed E-state index contributed by atoms with van der Waals surface area (Å²) in [5.41, 5.74) is 10.2. The number of fused-ring (bicyclic) bond motifs is 2. The van der Waals surface area contributed by atoms with Gasteiger partial charge in [0.1, 0.15) is 5.82 Å². The molecule has 1 aromatic carbocycles. The molecule has 9 heteroatoms. The summed E-state index contributed by atoms with van der Waals surface area (Å²) in [5, 5.41) is 13.6. The first kappa shape index (κ1) is 21.4. The molecule has 0 saturated carbocycles. The third-order valence-corrected chi connectivity index (χ3v) is 6.51. The van der Waals surface area contributed by atoms with Gasteiger partial charge in [0.2, 0.25) is 0 Å². The fraction of sp³-hybridized carbons (Fsp3) is 0.375. The van der Waals surface area contributed by atoms with E-state index in [4.69, 9.17) is 5.73 Å². The predicted molar refractivity (Wildman–Crippen MR) is 129 cm³/mol. The van der Waals surface area contributed by atoms with Gasteiger partial charge in [0.05, 0.1) is 17.1 Å². The lowest BCUT2D eigenvalue weighted by molar-refractivity contribution is 0.245. The number of rotatable bonds is 3. The van der Waals surface area contributed by atoms with E-state index in [-0.39, 0.29) is 17.8 Å². The molecule has 6 N–H and O–H groups in total. The van der Waals surface area contributed by atoms with Crippen LogP contribution in [-0.2, 0) is 6.42 Å². The maximum atomic E-state index is 15.3. The molecule has 33 heavy (non-hydrogen) atoms. The van der Waals surface area contributed by atoms with Crippen LogP contribution in [0.15, 0.2) is 24.5 Å². The van der Waals surface area contributed by atoms with E-state index >= 15 is 4.39 Å². The molecule has 4 heterocycles. The number of aromatic nitrogens is 2. The van der Waals surface area contributed by atoms with Crippen LogP contribution in [0, 0.1) is 12.7 Å². The van der Waals surface area contributed by atoms with Crippen molar-refractivity contribution < 1.29 is 9.18 Å². The average Bonchev–Trinajstić information content (AvgIpc) is 2.82. The molecule has 0 radical (unpaired) electrons. The molecule has 0 bridgehead atoms. The van der Waals surface area contributed by atoms with Crippen LogP contribution in [-0.4, -0.2) is 41.7 Å². The summed E-state index contributed by atoms with van der Waals surface area (Å²) >= 11 is 0. The second kappa shape index (κ2) is 8.82. The Balaban J connectivity index is 1.47. The van der Waals surface area contributed by atoms with Gasteiger partial charge < -0.3 is 21.7 Å². The van der Waals surface area contributed by atoms with E-state index in [2.05, 4.69) is 31.2 Å². The molecule has 2 aliphatic heterocycles. The van der Waals surface area contributed by atoms with E-state index < -0.39 is 5.82 Å². The number of nitrogens with one attached hydrogen (secondary N) is 4. The third-order valence-electron chi connectivity index (χ3n) is 6.51. The molecular formula is C24H28FN7O.